The Hall–Kier alpha value is -2.35. The summed E-state index contributed by atoms with van der Waals surface area (Å²) < 4.78 is 61.1. The highest BCUT2D eigenvalue weighted by atomic mass is 32.2. The minimum atomic E-state index is -4.46. The van der Waals surface area contributed by atoms with E-state index in [9.17, 15) is 26.4 Å². The van der Waals surface area contributed by atoms with Gasteiger partial charge < -0.3 is 5.32 Å². The Labute approximate surface area is 143 Å². The Morgan fingerprint density at radius 3 is 2.20 bits per heavy atom. The van der Waals surface area contributed by atoms with Gasteiger partial charge in [0.25, 0.3) is 5.91 Å². The zero-order chi connectivity index (χ0) is 18.8. The lowest BCUT2D eigenvalue weighted by molar-refractivity contribution is -0.137. The second-order valence-electron chi connectivity index (χ2n) is 5.61. The topological polar surface area (TPSA) is 63.2 Å². The summed E-state index contributed by atoms with van der Waals surface area (Å²) in [6, 6.07) is 9.38. The standard InChI is InChI=1S/C17H16F3NO3S/c1-11(13-4-3-5-14(10-13)17(18,19)20)21-16(22)12-6-8-15(9-7-12)25(2,23)24/h3-11H,1-2H3,(H,21,22). The molecule has 0 saturated carbocycles. The number of nitrogens with one attached hydrogen (secondary N) is 1. The maximum Gasteiger partial charge on any atom is 0.416 e. The maximum atomic E-state index is 12.8. The summed E-state index contributed by atoms with van der Waals surface area (Å²) in [5, 5.41) is 2.59. The van der Waals surface area contributed by atoms with Crippen LogP contribution in [0.4, 0.5) is 13.2 Å². The van der Waals surface area contributed by atoms with Crippen LogP contribution in [0.3, 0.4) is 0 Å². The van der Waals surface area contributed by atoms with Crippen LogP contribution in [0.5, 0.6) is 0 Å². The SMILES string of the molecule is CC(NC(=O)c1ccc(S(C)(=O)=O)cc1)c1cccc(C(F)(F)F)c1. The minimum absolute atomic E-state index is 0.0787. The number of carbonyl (C=O) groups excluding carboxylic acids is 1. The van der Waals surface area contributed by atoms with Crippen molar-refractivity contribution in [2.75, 3.05) is 6.26 Å². The van der Waals surface area contributed by atoms with E-state index in [1.165, 1.54) is 36.4 Å². The summed E-state index contributed by atoms with van der Waals surface area (Å²) in [6.45, 7) is 1.57. The number of hydrogen-bond acceptors (Lipinski definition) is 3. The minimum Gasteiger partial charge on any atom is -0.346 e. The molecule has 134 valence electrons. The molecule has 0 heterocycles. The molecule has 0 aliphatic carbocycles. The third-order valence-electron chi connectivity index (χ3n) is 3.61. The first-order valence-corrected chi connectivity index (χ1v) is 9.16. The Bertz CT molecular complexity index is 875. The van der Waals surface area contributed by atoms with Crippen molar-refractivity contribution in [2.24, 2.45) is 0 Å². The highest BCUT2D eigenvalue weighted by Gasteiger charge is 2.30. The van der Waals surface area contributed by atoms with Crippen LogP contribution in [0.15, 0.2) is 53.4 Å². The quantitative estimate of drug-likeness (QED) is 0.893. The third kappa shape index (κ3) is 4.82. The Balaban J connectivity index is 2.15. The van der Waals surface area contributed by atoms with Gasteiger partial charge in [-0.2, -0.15) is 13.2 Å². The summed E-state index contributed by atoms with van der Waals surface area (Å²) in [4.78, 5) is 12.3. The number of amides is 1. The van der Waals surface area contributed by atoms with Crippen molar-refractivity contribution in [3.05, 3.63) is 65.2 Å². The molecule has 4 nitrogen and oxygen atoms in total. The molecule has 1 unspecified atom stereocenters. The lowest BCUT2D eigenvalue weighted by atomic mass is 10.0. The van der Waals surface area contributed by atoms with Gasteiger partial charge in [-0.05, 0) is 48.9 Å². The van der Waals surface area contributed by atoms with Crippen LogP contribution in [0, 0.1) is 0 Å². The fraction of sp³-hybridized carbons (Fsp3) is 0.235. The first-order valence-electron chi connectivity index (χ1n) is 7.26. The van der Waals surface area contributed by atoms with Crippen molar-refractivity contribution >= 4 is 15.7 Å². The Kier molecular flexibility index (Phi) is 5.22. The van der Waals surface area contributed by atoms with E-state index in [1.807, 2.05) is 0 Å². The largest absolute Gasteiger partial charge is 0.416 e. The highest BCUT2D eigenvalue weighted by molar-refractivity contribution is 7.90. The van der Waals surface area contributed by atoms with Gasteiger partial charge >= 0.3 is 6.18 Å². The molecule has 2 rings (SSSR count). The maximum absolute atomic E-state index is 12.8. The average molecular weight is 371 g/mol. The van der Waals surface area contributed by atoms with Crippen molar-refractivity contribution in [1.82, 2.24) is 5.32 Å². The van der Waals surface area contributed by atoms with Gasteiger partial charge in [0.05, 0.1) is 16.5 Å². The van der Waals surface area contributed by atoms with Crippen LogP contribution >= 0.6 is 0 Å². The molecule has 8 heteroatoms. The predicted octanol–water partition coefficient (Wildman–Crippen LogP) is 3.60. The molecular formula is C17H16F3NO3S. The molecule has 1 atom stereocenters. The fourth-order valence-electron chi connectivity index (χ4n) is 2.20. The number of hydrogen-bond donors (Lipinski definition) is 1. The number of alkyl halides is 3. The van der Waals surface area contributed by atoms with Crippen LogP contribution in [0.2, 0.25) is 0 Å². The van der Waals surface area contributed by atoms with Gasteiger partial charge in [0.2, 0.25) is 0 Å². The summed E-state index contributed by atoms with van der Waals surface area (Å²) in [7, 11) is -3.37. The van der Waals surface area contributed by atoms with Crippen molar-refractivity contribution in [1.29, 1.82) is 0 Å². The lowest BCUT2D eigenvalue weighted by Crippen LogP contribution is -2.26. The van der Waals surface area contributed by atoms with Crippen LogP contribution in [-0.2, 0) is 16.0 Å². The molecule has 0 radical (unpaired) electrons. The predicted molar refractivity (Wildman–Crippen MR) is 86.9 cm³/mol. The first kappa shape index (κ1) is 19.0. The normalized spacial score (nSPS) is 13.3. The smallest absolute Gasteiger partial charge is 0.346 e. The molecule has 2 aromatic carbocycles. The van der Waals surface area contributed by atoms with E-state index in [1.54, 1.807) is 6.92 Å². The summed E-state index contributed by atoms with van der Waals surface area (Å²) in [5.41, 5.74) is -0.259. The molecule has 1 N–H and O–H groups in total. The van der Waals surface area contributed by atoms with E-state index in [0.29, 0.717) is 5.56 Å². The van der Waals surface area contributed by atoms with Crippen molar-refractivity contribution < 1.29 is 26.4 Å². The van der Waals surface area contributed by atoms with Crippen LogP contribution < -0.4 is 5.32 Å². The molecule has 0 spiro atoms. The summed E-state index contributed by atoms with van der Waals surface area (Å²) >= 11 is 0. The molecule has 0 bridgehead atoms. The molecule has 0 saturated heterocycles. The van der Waals surface area contributed by atoms with E-state index in [0.717, 1.165) is 18.4 Å². The molecular weight excluding hydrogens is 355 g/mol. The van der Waals surface area contributed by atoms with Crippen LogP contribution in [-0.4, -0.2) is 20.6 Å². The fourth-order valence-corrected chi connectivity index (χ4v) is 2.83. The van der Waals surface area contributed by atoms with Gasteiger partial charge in [0, 0.05) is 11.8 Å². The van der Waals surface area contributed by atoms with E-state index in [-0.39, 0.29) is 10.5 Å². The van der Waals surface area contributed by atoms with Crippen molar-refractivity contribution in [3.8, 4) is 0 Å². The number of halogens is 3. The monoisotopic (exact) mass is 371 g/mol. The van der Waals surface area contributed by atoms with Crippen LogP contribution in [0.1, 0.15) is 34.5 Å². The second-order valence-corrected chi connectivity index (χ2v) is 7.63. The number of benzene rings is 2. The molecule has 25 heavy (non-hydrogen) atoms. The van der Waals surface area contributed by atoms with Gasteiger partial charge in [0.1, 0.15) is 0 Å². The average Bonchev–Trinajstić information content (AvgIpc) is 2.53. The molecule has 0 aromatic heterocycles. The molecule has 0 fully saturated rings. The Morgan fingerprint density at radius 2 is 1.68 bits per heavy atom. The van der Waals surface area contributed by atoms with Gasteiger partial charge in [-0.15, -0.1) is 0 Å². The molecule has 2 aromatic rings. The first-order chi connectivity index (χ1) is 11.5. The molecule has 0 aliphatic heterocycles. The van der Waals surface area contributed by atoms with Gasteiger partial charge in [-0.25, -0.2) is 8.42 Å². The third-order valence-corrected chi connectivity index (χ3v) is 4.73. The van der Waals surface area contributed by atoms with Gasteiger partial charge in [0.15, 0.2) is 9.84 Å². The van der Waals surface area contributed by atoms with Crippen molar-refractivity contribution in [2.45, 2.75) is 24.0 Å². The zero-order valence-corrected chi connectivity index (χ0v) is 14.3. The number of rotatable bonds is 4. The summed E-state index contributed by atoms with van der Waals surface area (Å²) in [6.07, 6.45) is -3.40. The van der Waals surface area contributed by atoms with Gasteiger partial charge in [-0.3, -0.25) is 4.79 Å². The number of sulfone groups is 1. The van der Waals surface area contributed by atoms with E-state index in [2.05, 4.69) is 5.32 Å². The highest BCUT2D eigenvalue weighted by Crippen LogP contribution is 2.30. The van der Waals surface area contributed by atoms with Crippen LogP contribution in [0.25, 0.3) is 0 Å². The van der Waals surface area contributed by atoms with E-state index < -0.39 is 33.5 Å². The summed E-state index contributed by atoms with van der Waals surface area (Å²) in [5.74, 6) is -0.509. The zero-order valence-electron chi connectivity index (χ0n) is 13.5. The van der Waals surface area contributed by atoms with Gasteiger partial charge in [-0.1, -0.05) is 12.1 Å². The number of carbonyl (C=O) groups is 1. The second kappa shape index (κ2) is 6.87. The molecule has 1 amide bonds. The lowest BCUT2D eigenvalue weighted by Gasteiger charge is -2.16. The van der Waals surface area contributed by atoms with E-state index >= 15 is 0 Å². The van der Waals surface area contributed by atoms with E-state index in [4.69, 9.17) is 0 Å². The Morgan fingerprint density at radius 1 is 1.08 bits per heavy atom. The van der Waals surface area contributed by atoms with Crippen molar-refractivity contribution in [3.63, 3.8) is 0 Å². The molecule has 0 aliphatic rings.